The second-order valence-corrected chi connectivity index (χ2v) is 5.31. The number of fused-ring (bicyclic) bond motifs is 1. The maximum absolute atomic E-state index is 6.14. The zero-order chi connectivity index (χ0) is 14.8. The second kappa shape index (κ2) is 5.69. The Bertz CT molecular complexity index is 781. The minimum atomic E-state index is 0.453. The molecule has 0 spiro atoms. The summed E-state index contributed by atoms with van der Waals surface area (Å²) >= 11 is 6.14. The quantitative estimate of drug-likeness (QED) is 0.753. The van der Waals surface area contributed by atoms with Crippen molar-refractivity contribution in [3.63, 3.8) is 0 Å². The molecule has 5 nitrogen and oxygen atoms in total. The third-order valence-electron chi connectivity index (χ3n) is 3.55. The van der Waals surface area contributed by atoms with Crippen LogP contribution in [0.5, 0.6) is 0 Å². The molecule has 0 fully saturated rings. The van der Waals surface area contributed by atoms with Gasteiger partial charge in [-0.1, -0.05) is 35.9 Å². The lowest BCUT2D eigenvalue weighted by Gasteiger charge is -2.12. The number of rotatable bonds is 4. The van der Waals surface area contributed by atoms with Crippen LogP contribution in [0.1, 0.15) is 16.7 Å². The van der Waals surface area contributed by atoms with Crippen molar-refractivity contribution in [1.82, 2.24) is 19.6 Å². The van der Waals surface area contributed by atoms with Gasteiger partial charge in [-0.2, -0.15) is 19.6 Å². The van der Waals surface area contributed by atoms with Gasteiger partial charge in [0.25, 0.3) is 5.78 Å². The van der Waals surface area contributed by atoms with E-state index >= 15 is 0 Å². The number of nitrogens with one attached hydrogen (secondary N) is 1. The highest BCUT2D eigenvalue weighted by molar-refractivity contribution is 6.30. The molecule has 0 saturated carbocycles. The third kappa shape index (κ3) is 2.69. The molecule has 0 aliphatic rings. The highest BCUT2D eigenvalue weighted by atomic mass is 35.5. The van der Waals surface area contributed by atoms with Crippen molar-refractivity contribution >= 4 is 23.2 Å². The molecule has 3 rings (SSSR count). The monoisotopic (exact) mass is 301 g/mol. The van der Waals surface area contributed by atoms with Crippen LogP contribution in [-0.4, -0.2) is 26.1 Å². The molecule has 0 unspecified atom stereocenters. The molecule has 6 heteroatoms. The molecular weight excluding hydrogens is 286 g/mol. The molecule has 0 amide bonds. The lowest BCUT2D eigenvalue weighted by atomic mass is 10.1. The number of benzene rings is 1. The molecule has 0 bridgehead atoms. The first-order valence-corrected chi connectivity index (χ1v) is 7.19. The zero-order valence-electron chi connectivity index (χ0n) is 12.0. The van der Waals surface area contributed by atoms with Gasteiger partial charge < -0.3 is 5.32 Å². The molecule has 0 atom stereocenters. The van der Waals surface area contributed by atoms with E-state index in [2.05, 4.69) is 51.6 Å². The summed E-state index contributed by atoms with van der Waals surface area (Å²) in [5.74, 6) is 1.35. The minimum Gasteiger partial charge on any atom is -0.369 e. The highest BCUT2D eigenvalue weighted by Gasteiger charge is 2.11. The Morgan fingerprint density at radius 2 is 2.05 bits per heavy atom. The zero-order valence-corrected chi connectivity index (χ0v) is 12.7. The Hall–Kier alpha value is -2.14. The van der Waals surface area contributed by atoms with E-state index < -0.39 is 0 Å². The van der Waals surface area contributed by atoms with Crippen LogP contribution in [0.15, 0.2) is 30.6 Å². The van der Waals surface area contributed by atoms with Gasteiger partial charge in [0.05, 0.1) is 0 Å². The Morgan fingerprint density at radius 1 is 1.24 bits per heavy atom. The summed E-state index contributed by atoms with van der Waals surface area (Å²) in [7, 11) is 0. The summed E-state index contributed by atoms with van der Waals surface area (Å²) in [6, 6.07) is 8.39. The maximum Gasteiger partial charge on any atom is 0.255 e. The van der Waals surface area contributed by atoms with Gasteiger partial charge in [0.1, 0.15) is 17.3 Å². The van der Waals surface area contributed by atoms with Crippen molar-refractivity contribution in [3.05, 3.63) is 52.4 Å². The normalized spacial score (nSPS) is 11.0. The second-order valence-electron chi connectivity index (χ2n) is 4.95. The molecule has 0 aliphatic carbocycles. The van der Waals surface area contributed by atoms with Crippen LogP contribution in [0.25, 0.3) is 5.78 Å². The topological polar surface area (TPSA) is 55.1 Å². The van der Waals surface area contributed by atoms with Gasteiger partial charge in [0, 0.05) is 12.1 Å². The fourth-order valence-electron chi connectivity index (χ4n) is 2.31. The van der Waals surface area contributed by atoms with Crippen LogP contribution >= 0.6 is 11.6 Å². The number of nitrogens with zero attached hydrogens (tertiary/aromatic N) is 4. The minimum absolute atomic E-state index is 0.453. The van der Waals surface area contributed by atoms with E-state index in [0.29, 0.717) is 10.9 Å². The van der Waals surface area contributed by atoms with Crippen molar-refractivity contribution < 1.29 is 0 Å². The van der Waals surface area contributed by atoms with E-state index in [0.717, 1.165) is 24.3 Å². The Morgan fingerprint density at radius 3 is 2.86 bits per heavy atom. The number of anilines is 1. The van der Waals surface area contributed by atoms with E-state index in [1.54, 1.807) is 4.52 Å². The van der Waals surface area contributed by atoms with Gasteiger partial charge in [-0.05, 0) is 31.4 Å². The molecule has 0 saturated heterocycles. The highest BCUT2D eigenvalue weighted by Crippen LogP contribution is 2.22. The number of aryl methyl sites for hydroxylation is 1. The standard InChI is InChI=1S/C15H16ClN5/c1-10-5-3-4-6-12(10)7-8-17-14-11(2)13(16)20-15-18-9-19-21(14)15/h3-6,9,17H,7-8H2,1-2H3. The summed E-state index contributed by atoms with van der Waals surface area (Å²) < 4.78 is 1.68. The fourth-order valence-corrected chi connectivity index (χ4v) is 2.48. The lowest BCUT2D eigenvalue weighted by molar-refractivity contribution is 0.901. The molecule has 1 N–H and O–H groups in total. The van der Waals surface area contributed by atoms with Gasteiger partial charge in [-0.25, -0.2) is 0 Å². The number of hydrogen-bond donors (Lipinski definition) is 1. The summed E-state index contributed by atoms with van der Waals surface area (Å²) in [5, 5.41) is 8.03. The average Bonchev–Trinajstić information content (AvgIpc) is 2.92. The van der Waals surface area contributed by atoms with E-state index in [1.807, 2.05) is 6.92 Å². The van der Waals surface area contributed by atoms with Gasteiger partial charge >= 0.3 is 0 Å². The SMILES string of the molecule is Cc1ccccc1CCNc1c(C)c(Cl)nc2ncnn12. The average molecular weight is 302 g/mol. The molecule has 21 heavy (non-hydrogen) atoms. The van der Waals surface area contributed by atoms with E-state index in [9.17, 15) is 0 Å². The summed E-state index contributed by atoms with van der Waals surface area (Å²) in [6.45, 7) is 4.84. The smallest absolute Gasteiger partial charge is 0.255 e. The van der Waals surface area contributed by atoms with Crippen LogP contribution in [0.4, 0.5) is 5.82 Å². The van der Waals surface area contributed by atoms with Crippen LogP contribution in [0.3, 0.4) is 0 Å². The first kappa shape index (κ1) is 13.8. The van der Waals surface area contributed by atoms with Crippen LogP contribution in [0, 0.1) is 13.8 Å². The predicted octanol–water partition coefficient (Wildman–Crippen LogP) is 3.05. The number of halogens is 1. The molecule has 2 aromatic heterocycles. The Balaban J connectivity index is 1.81. The molecule has 3 aromatic rings. The Kier molecular flexibility index (Phi) is 3.75. The first-order valence-electron chi connectivity index (χ1n) is 6.81. The Labute approximate surface area is 128 Å². The fraction of sp³-hybridized carbons (Fsp3) is 0.267. The van der Waals surface area contributed by atoms with E-state index in [-0.39, 0.29) is 0 Å². The molecule has 1 aromatic carbocycles. The van der Waals surface area contributed by atoms with Crippen LogP contribution in [-0.2, 0) is 6.42 Å². The van der Waals surface area contributed by atoms with Gasteiger partial charge in [-0.3, -0.25) is 0 Å². The summed E-state index contributed by atoms with van der Waals surface area (Å²) in [6.07, 6.45) is 2.41. The van der Waals surface area contributed by atoms with Crippen molar-refractivity contribution in [1.29, 1.82) is 0 Å². The van der Waals surface area contributed by atoms with Gasteiger partial charge in [-0.15, -0.1) is 0 Å². The van der Waals surface area contributed by atoms with Crippen LogP contribution in [0.2, 0.25) is 5.15 Å². The van der Waals surface area contributed by atoms with Crippen molar-refractivity contribution in [2.24, 2.45) is 0 Å². The summed E-state index contributed by atoms with van der Waals surface area (Å²) in [4.78, 5) is 8.27. The van der Waals surface area contributed by atoms with E-state index in [1.165, 1.54) is 17.5 Å². The largest absolute Gasteiger partial charge is 0.369 e. The van der Waals surface area contributed by atoms with Crippen molar-refractivity contribution in [2.75, 3.05) is 11.9 Å². The first-order chi connectivity index (χ1) is 10.2. The van der Waals surface area contributed by atoms with Gasteiger partial charge in [0.2, 0.25) is 0 Å². The predicted molar refractivity (Wildman–Crippen MR) is 83.9 cm³/mol. The molecular formula is C15H16ClN5. The molecule has 2 heterocycles. The number of hydrogen-bond acceptors (Lipinski definition) is 4. The summed E-state index contributed by atoms with van der Waals surface area (Å²) in [5.41, 5.74) is 3.51. The molecule has 0 radical (unpaired) electrons. The third-order valence-corrected chi connectivity index (χ3v) is 3.92. The van der Waals surface area contributed by atoms with Crippen molar-refractivity contribution in [3.8, 4) is 0 Å². The van der Waals surface area contributed by atoms with E-state index in [4.69, 9.17) is 11.6 Å². The van der Waals surface area contributed by atoms with Crippen molar-refractivity contribution in [2.45, 2.75) is 20.3 Å². The van der Waals surface area contributed by atoms with Gasteiger partial charge in [0.15, 0.2) is 0 Å². The molecule has 108 valence electrons. The van der Waals surface area contributed by atoms with Crippen LogP contribution < -0.4 is 5.32 Å². The lowest BCUT2D eigenvalue weighted by Crippen LogP contribution is -2.12. The number of aromatic nitrogens is 4. The maximum atomic E-state index is 6.14. The molecule has 0 aliphatic heterocycles.